The number of hydrogen-bond acceptors (Lipinski definition) is 9. The highest BCUT2D eigenvalue weighted by atomic mass is 35.5. The van der Waals surface area contributed by atoms with Crippen LogP contribution in [0.25, 0.3) is 10.9 Å². The van der Waals surface area contributed by atoms with Crippen LogP contribution in [0.3, 0.4) is 0 Å². The summed E-state index contributed by atoms with van der Waals surface area (Å²) in [5, 5.41) is 13.9. The number of fused-ring (bicyclic) bond motifs is 1. The number of halogens is 1. The van der Waals surface area contributed by atoms with E-state index in [4.69, 9.17) is 21.2 Å². The molecule has 1 aromatic carbocycles. The van der Waals surface area contributed by atoms with Gasteiger partial charge in [0.15, 0.2) is 5.60 Å². The summed E-state index contributed by atoms with van der Waals surface area (Å²) in [5.74, 6) is -2.55. The van der Waals surface area contributed by atoms with Gasteiger partial charge in [-0.2, -0.15) is 0 Å². The highest BCUT2D eigenvalue weighted by molar-refractivity contribution is 6.38. The summed E-state index contributed by atoms with van der Waals surface area (Å²) in [7, 11) is 0. The molecule has 1 spiro atoms. The Morgan fingerprint density at radius 3 is 2.49 bits per heavy atom. The first kappa shape index (κ1) is 36.5. The van der Waals surface area contributed by atoms with Gasteiger partial charge in [-0.15, -0.1) is 0 Å². The molecule has 3 heterocycles. The van der Waals surface area contributed by atoms with Crippen LogP contribution in [0.15, 0.2) is 35.5 Å². The second-order valence-electron chi connectivity index (χ2n) is 15.4. The number of rotatable bonds is 11. The van der Waals surface area contributed by atoms with Crippen molar-refractivity contribution in [3.8, 4) is 0 Å². The first-order valence-electron chi connectivity index (χ1n) is 18.0. The molecule has 4 atom stereocenters. The lowest BCUT2D eigenvalue weighted by atomic mass is 9.85. The van der Waals surface area contributed by atoms with Gasteiger partial charge in [0.2, 0.25) is 17.6 Å². The second-order valence-corrected chi connectivity index (χ2v) is 15.8. The summed E-state index contributed by atoms with van der Waals surface area (Å²) in [6, 6.07) is 5.99. The number of para-hydroxylation sites is 1. The maximum absolute atomic E-state index is 14.6. The van der Waals surface area contributed by atoms with Gasteiger partial charge in [0, 0.05) is 29.8 Å². The molecule has 13 nitrogen and oxygen atoms in total. The number of Topliss-reactive ketones (excluding diaryl/α,β-unsaturated/α-hetero) is 1. The maximum atomic E-state index is 14.6. The molecule has 1 aromatic heterocycles. The zero-order valence-electron chi connectivity index (χ0n) is 29.6. The standard InChI is InChI=1S/C37H47ClN6O7/c1-5-10-26(30(45)33(47)39-21-15-16-21)41-32(46)28-19-37(18-27(43-51-37)24-17-29(38)40-25-14-9-8-13-23(24)25)20-44(28)34(48)31(36(2,3)4)42-35(49)50-22-11-6-7-12-22/h8-9,13-14,17,21-22,26,28,31H,5-7,10-12,15-16,18-20H2,1-4H3,(H,39,47)(H,41,46)(H,42,49)/t26-,28-,31+,37+/m0/s1. The highest BCUT2D eigenvalue weighted by Gasteiger charge is 2.56. The van der Waals surface area contributed by atoms with Crippen LogP contribution in [0.5, 0.6) is 0 Å². The maximum Gasteiger partial charge on any atom is 0.408 e. The number of benzene rings is 1. The molecule has 0 bridgehead atoms. The summed E-state index contributed by atoms with van der Waals surface area (Å²) in [4.78, 5) is 79.8. The van der Waals surface area contributed by atoms with Gasteiger partial charge in [-0.25, -0.2) is 9.78 Å². The number of hydrogen-bond donors (Lipinski definition) is 3. The van der Waals surface area contributed by atoms with E-state index >= 15 is 0 Å². The molecule has 274 valence electrons. The highest BCUT2D eigenvalue weighted by Crippen LogP contribution is 2.41. The average molecular weight is 723 g/mol. The second kappa shape index (κ2) is 14.8. The summed E-state index contributed by atoms with van der Waals surface area (Å²) in [6.07, 6.45) is 5.30. The Bertz CT molecular complexity index is 1730. The molecule has 4 amide bonds. The first-order chi connectivity index (χ1) is 24.3. The minimum atomic E-state index is -1.10. The fourth-order valence-electron chi connectivity index (χ4n) is 7.25. The Labute approximate surface area is 302 Å². The topological polar surface area (TPSA) is 168 Å². The third kappa shape index (κ3) is 8.29. The number of nitrogens with zero attached hydrogens (tertiary/aromatic N) is 3. The van der Waals surface area contributed by atoms with Crippen molar-refractivity contribution in [3.63, 3.8) is 0 Å². The molecular weight excluding hydrogens is 676 g/mol. The number of carbonyl (C=O) groups is 5. The van der Waals surface area contributed by atoms with Gasteiger partial charge in [0.05, 0.1) is 23.8 Å². The Balaban J connectivity index is 1.27. The molecule has 51 heavy (non-hydrogen) atoms. The van der Waals surface area contributed by atoms with E-state index in [-0.39, 0.29) is 43.1 Å². The van der Waals surface area contributed by atoms with Crippen molar-refractivity contribution in [2.45, 2.75) is 128 Å². The molecule has 0 unspecified atom stereocenters. The molecule has 6 rings (SSSR count). The summed E-state index contributed by atoms with van der Waals surface area (Å²) >= 11 is 6.39. The molecule has 0 radical (unpaired) electrons. The quantitative estimate of drug-likeness (QED) is 0.224. The van der Waals surface area contributed by atoms with Crippen molar-refractivity contribution in [2.24, 2.45) is 10.6 Å². The van der Waals surface area contributed by atoms with Gasteiger partial charge < -0.3 is 30.4 Å². The van der Waals surface area contributed by atoms with Gasteiger partial charge in [0.1, 0.15) is 23.3 Å². The number of amides is 4. The summed E-state index contributed by atoms with van der Waals surface area (Å²) < 4.78 is 5.65. The van der Waals surface area contributed by atoms with Crippen LogP contribution < -0.4 is 16.0 Å². The minimum Gasteiger partial charge on any atom is -0.446 e. The van der Waals surface area contributed by atoms with Gasteiger partial charge >= 0.3 is 6.09 Å². The van der Waals surface area contributed by atoms with Crippen molar-refractivity contribution in [3.05, 3.63) is 41.0 Å². The smallest absolute Gasteiger partial charge is 0.408 e. The lowest BCUT2D eigenvalue weighted by molar-refractivity contribution is -0.144. The molecule has 2 aromatic rings. The molecule has 4 aliphatic rings. The van der Waals surface area contributed by atoms with Crippen molar-refractivity contribution in [2.75, 3.05) is 6.54 Å². The number of aromatic nitrogens is 1. The number of nitrogens with one attached hydrogen (secondary N) is 3. The van der Waals surface area contributed by atoms with Crippen LogP contribution >= 0.6 is 11.6 Å². The fraction of sp³-hybridized carbons (Fsp3) is 0.595. The van der Waals surface area contributed by atoms with Crippen LogP contribution in [-0.2, 0) is 28.8 Å². The third-order valence-electron chi connectivity index (χ3n) is 10.1. The average Bonchev–Trinajstić information content (AvgIpc) is 3.43. The lowest BCUT2D eigenvalue weighted by Gasteiger charge is -2.35. The first-order valence-corrected chi connectivity index (χ1v) is 18.4. The Morgan fingerprint density at radius 2 is 1.80 bits per heavy atom. The molecule has 2 aliphatic heterocycles. The fourth-order valence-corrected chi connectivity index (χ4v) is 7.45. The Kier molecular flexibility index (Phi) is 10.6. The molecule has 2 saturated carbocycles. The molecular formula is C37H47ClN6O7. The number of pyridine rings is 1. The number of carbonyl (C=O) groups excluding carboxylic acids is 5. The van der Waals surface area contributed by atoms with Crippen molar-refractivity contribution in [1.82, 2.24) is 25.8 Å². The van der Waals surface area contributed by atoms with Crippen molar-refractivity contribution in [1.29, 1.82) is 0 Å². The zero-order chi connectivity index (χ0) is 36.5. The van der Waals surface area contributed by atoms with Crippen LogP contribution in [0, 0.1) is 5.41 Å². The van der Waals surface area contributed by atoms with Gasteiger partial charge in [-0.1, -0.05) is 69.1 Å². The monoisotopic (exact) mass is 722 g/mol. The number of likely N-dealkylation sites (tertiary alicyclic amines) is 1. The number of ketones is 1. The van der Waals surface area contributed by atoms with Crippen molar-refractivity contribution < 1.29 is 33.5 Å². The third-order valence-corrected chi connectivity index (χ3v) is 10.3. The molecule has 2 aliphatic carbocycles. The predicted molar refractivity (Wildman–Crippen MR) is 190 cm³/mol. The van der Waals surface area contributed by atoms with Crippen molar-refractivity contribution >= 4 is 57.8 Å². The molecule has 1 saturated heterocycles. The van der Waals surface area contributed by atoms with E-state index in [1.54, 1.807) is 6.07 Å². The van der Waals surface area contributed by atoms with Gasteiger partial charge in [-0.3, -0.25) is 19.2 Å². The number of alkyl carbamates (subject to hydrolysis) is 1. The zero-order valence-corrected chi connectivity index (χ0v) is 30.4. The van der Waals surface area contributed by atoms with Gasteiger partial charge in [-0.05, 0) is 62.5 Å². The lowest BCUT2D eigenvalue weighted by Crippen LogP contribution is -2.59. The predicted octanol–water partition coefficient (Wildman–Crippen LogP) is 4.57. The number of oxime groups is 1. The van der Waals surface area contributed by atoms with Crippen LogP contribution in [0.2, 0.25) is 5.15 Å². The minimum absolute atomic E-state index is 0.0197. The van der Waals surface area contributed by atoms with E-state index in [1.165, 1.54) is 4.90 Å². The summed E-state index contributed by atoms with van der Waals surface area (Å²) in [6.45, 7) is 7.31. The Hall–Kier alpha value is -4.26. The van der Waals surface area contributed by atoms with Gasteiger partial charge in [0.25, 0.3) is 5.91 Å². The van der Waals surface area contributed by atoms with Crippen LogP contribution in [0.4, 0.5) is 4.79 Å². The Morgan fingerprint density at radius 1 is 1.08 bits per heavy atom. The van der Waals surface area contributed by atoms with E-state index in [0.717, 1.165) is 49.5 Å². The number of ether oxygens (including phenoxy) is 1. The van der Waals surface area contributed by atoms with Crippen LogP contribution in [0.1, 0.15) is 97.5 Å². The van der Waals surface area contributed by atoms with E-state index < -0.39 is 58.7 Å². The summed E-state index contributed by atoms with van der Waals surface area (Å²) in [5.41, 5.74) is 0.141. The molecule has 3 N–H and O–H groups in total. The van der Waals surface area contributed by atoms with E-state index in [1.807, 2.05) is 52.0 Å². The largest absolute Gasteiger partial charge is 0.446 e. The molecule has 14 heteroatoms. The SMILES string of the molecule is CCC[C@H](NC(=O)[C@@H]1C[C@]2(CC(c3cc(Cl)nc4ccccc34)=NO2)CN1C(=O)[C@@H](NC(=O)OC1CCCC1)C(C)(C)C)C(=O)C(=O)NC1CC1. The molecule has 3 fully saturated rings. The van der Waals surface area contributed by atoms with Crippen LogP contribution in [-0.4, -0.2) is 87.6 Å². The van der Waals surface area contributed by atoms with E-state index in [2.05, 4.69) is 26.1 Å². The normalized spacial score (nSPS) is 23.0. The van der Waals surface area contributed by atoms with E-state index in [9.17, 15) is 24.0 Å². The van der Waals surface area contributed by atoms with E-state index in [0.29, 0.717) is 17.6 Å².